The van der Waals surface area contributed by atoms with E-state index in [1.54, 1.807) is 0 Å². The van der Waals surface area contributed by atoms with Gasteiger partial charge in [0.15, 0.2) is 0 Å². The molecule has 106 valence electrons. The van der Waals surface area contributed by atoms with Gasteiger partial charge in [-0.25, -0.2) is 0 Å². The van der Waals surface area contributed by atoms with E-state index >= 15 is 0 Å². The van der Waals surface area contributed by atoms with Crippen molar-refractivity contribution in [3.8, 4) is 0 Å². The van der Waals surface area contributed by atoms with Crippen LogP contribution in [-0.4, -0.2) is 37.7 Å². The smallest absolute Gasteiger partial charge is 0.0622 e. The fourth-order valence-corrected chi connectivity index (χ4v) is 2.85. The van der Waals surface area contributed by atoms with Crippen molar-refractivity contribution < 1.29 is 4.74 Å². The summed E-state index contributed by atoms with van der Waals surface area (Å²) in [5.41, 5.74) is 7.71. The zero-order valence-corrected chi connectivity index (χ0v) is 12.3. The van der Waals surface area contributed by atoms with Gasteiger partial charge in [0, 0.05) is 25.2 Å². The Morgan fingerprint density at radius 1 is 1.37 bits per heavy atom. The van der Waals surface area contributed by atoms with Crippen molar-refractivity contribution in [2.45, 2.75) is 32.4 Å². The molecule has 1 saturated heterocycles. The predicted octanol–water partition coefficient (Wildman–Crippen LogP) is 2.43. The van der Waals surface area contributed by atoms with Gasteiger partial charge >= 0.3 is 0 Å². The molecule has 1 aliphatic heterocycles. The maximum Gasteiger partial charge on any atom is 0.0622 e. The third-order valence-electron chi connectivity index (χ3n) is 4.19. The second kappa shape index (κ2) is 6.04. The van der Waals surface area contributed by atoms with Crippen LogP contribution in [0.3, 0.4) is 0 Å². The fraction of sp³-hybridized carbons (Fsp3) is 0.625. The molecule has 0 bridgehead atoms. The summed E-state index contributed by atoms with van der Waals surface area (Å²) in [5.74, 6) is 0. The summed E-state index contributed by atoms with van der Waals surface area (Å²) in [7, 11) is 2.18. The number of nitrogens with zero attached hydrogens (tertiary/aromatic N) is 1. The monoisotopic (exact) mass is 262 g/mol. The van der Waals surface area contributed by atoms with Gasteiger partial charge in [-0.1, -0.05) is 44.2 Å². The Bertz CT molecular complexity index is 385. The van der Waals surface area contributed by atoms with E-state index in [1.165, 1.54) is 5.56 Å². The van der Waals surface area contributed by atoms with Crippen molar-refractivity contribution in [2.24, 2.45) is 11.1 Å². The summed E-state index contributed by atoms with van der Waals surface area (Å²) in [6, 6.07) is 11.0. The lowest BCUT2D eigenvalue weighted by atomic mass is 9.80. The van der Waals surface area contributed by atoms with E-state index in [0.29, 0.717) is 6.04 Å². The first-order valence-corrected chi connectivity index (χ1v) is 7.09. The fourth-order valence-electron chi connectivity index (χ4n) is 2.85. The van der Waals surface area contributed by atoms with Crippen LogP contribution in [0.25, 0.3) is 0 Å². The molecule has 1 heterocycles. The van der Waals surface area contributed by atoms with E-state index in [4.69, 9.17) is 10.5 Å². The van der Waals surface area contributed by atoms with Crippen molar-refractivity contribution in [1.82, 2.24) is 4.90 Å². The van der Waals surface area contributed by atoms with Crippen molar-refractivity contribution in [3.05, 3.63) is 35.9 Å². The Morgan fingerprint density at radius 2 is 2.05 bits per heavy atom. The number of ether oxygens (including phenoxy) is 1. The Hall–Kier alpha value is -0.900. The molecule has 2 atom stereocenters. The van der Waals surface area contributed by atoms with Crippen molar-refractivity contribution in [1.29, 1.82) is 0 Å². The average Bonchev–Trinajstić information content (AvgIpc) is 2.92. The molecule has 2 rings (SSSR count). The third kappa shape index (κ3) is 3.56. The van der Waals surface area contributed by atoms with Crippen LogP contribution >= 0.6 is 0 Å². The average molecular weight is 262 g/mol. The standard InChI is InChI=1S/C16H26N2O/c1-16(2,12-18(3)14-9-10-19-11-14)15(17)13-7-5-4-6-8-13/h4-8,14-15H,9-12,17H2,1-3H3. The number of nitrogens with two attached hydrogens (primary N) is 1. The Labute approximate surface area is 116 Å². The van der Waals surface area contributed by atoms with E-state index in [2.05, 4.69) is 50.1 Å². The Kier molecular flexibility index (Phi) is 4.61. The van der Waals surface area contributed by atoms with E-state index in [0.717, 1.165) is 26.2 Å². The number of hydrogen-bond acceptors (Lipinski definition) is 3. The first-order valence-electron chi connectivity index (χ1n) is 7.09. The SMILES string of the molecule is CN(CC(C)(C)C(N)c1ccccc1)C1CCOC1. The van der Waals surface area contributed by atoms with Crippen molar-refractivity contribution in [2.75, 3.05) is 26.8 Å². The molecular weight excluding hydrogens is 236 g/mol. The van der Waals surface area contributed by atoms with Gasteiger partial charge in [0.05, 0.1) is 6.61 Å². The number of benzene rings is 1. The van der Waals surface area contributed by atoms with Crippen LogP contribution in [0.15, 0.2) is 30.3 Å². The van der Waals surface area contributed by atoms with Gasteiger partial charge in [-0.15, -0.1) is 0 Å². The van der Waals surface area contributed by atoms with E-state index in [1.807, 2.05) is 6.07 Å². The molecule has 19 heavy (non-hydrogen) atoms. The lowest BCUT2D eigenvalue weighted by molar-refractivity contribution is 0.117. The van der Waals surface area contributed by atoms with Crippen molar-refractivity contribution in [3.63, 3.8) is 0 Å². The van der Waals surface area contributed by atoms with Gasteiger partial charge in [-0.05, 0) is 24.4 Å². The van der Waals surface area contributed by atoms with Crippen LogP contribution < -0.4 is 5.73 Å². The molecule has 0 amide bonds. The van der Waals surface area contributed by atoms with Gasteiger partial charge in [-0.2, -0.15) is 0 Å². The van der Waals surface area contributed by atoms with Crippen LogP contribution in [0.4, 0.5) is 0 Å². The first kappa shape index (κ1) is 14.5. The molecular formula is C16H26N2O. The molecule has 0 saturated carbocycles. The molecule has 1 fully saturated rings. The van der Waals surface area contributed by atoms with Crippen LogP contribution in [0.5, 0.6) is 0 Å². The van der Waals surface area contributed by atoms with E-state index in [-0.39, 0.29) is 11.5 Å². The van der Waals surface area contributed by atoms with Gasteiger partial charge in [-0.3, -0.25) is 0 Å². The van der Waals surface area contributed by atoms with Crippen LogP contribution in [0.2, 0.25) is 0 Å². The van der Waals surface area contributed by atoms with Crippen molar-refractivity contribution >= 4 is 0 Å². The van der Waals surface area contributed by atoms with Crippen LogP contribution in [0.1, 0.15) is 31.9 Å². The van der Waals surface area contributed by atoms with Gasteiger partial charge < -0.3 is 15.4 Å². The molecule has 3 heteroatoms. The molecule has 3 nitrogen and oxygen atoms in total. The first-order chi connectivity index (χ1) is 9.00. The highest BCUT2D eigenvalue weighted by Gasteiger charge is 2.32. The highest BCUT2D eigenvalue weighted by molar-refractivity contribution is 5.20. The number of hydrogen-bond donors (Lipinski definition) is 1. The molecule has 1 aliphatic rings. The maximum atomic E-state index is 6.46. The van der Waals surface area contributed by atoms with Gasteiger partial charge in [0.25, 0.3) is 0 Å². The van der Waals surface area contributed by atoms with E-state index < -0.39 is 0 Å². The largest absolute Gasteiger partial charge is 0.380 e. The van der Waals surface area contributed by atoms with Gasteiger partial charge in [0.1, 0.15) is 0 Å². The normalized spacial score (nSPS) is 21.8. The molecule has 1 aromatic rings. The van der Waals surface area contributed by atoms with E-state index in [9.17, 15) is 0 Å². The highest BCUT2D eigenvalue weighted by atomic mass is 16.5. The Balaban J connectivity index is 2.00. The zero-order valence-electron chi connectivity index (χ0n) is 12.3. The molecule has 0 aliphatic carbocycles. The summed E-state index contributed by atoms with van der Waals surface area (Å²) in [6.45, 7) is 7.22. The summed E-state index contributed by atoms with van der Waals surface area (Å²) in [6.07, 6.45) is 1.13. The summed E-state index contributed by atoms with van der Waals surface area (Å²) in [5, 5.41) is 0. The van der Waals surface area contributed by atoms with Crippen LogP contribution in [0, 0.1) is 5.41 Å². The molecule has 0 aromatic heterocycles. The quantitative estimate of drug-likeness (QED) is 0.885. The Morgan fingerprint density at radius 3 is 2.63 bits per heavy atom. The molecule has 1 aromatic carbocycles. The molecule has 0 spiro atoms. The summed E-state index contributed by atoms with van der Waals surface area (Å²) >= 11 is 0. The maximum absolute atomic E-state index is 6.46. The lowest BCUT2D eigenvalue weighted by Crippen LogP contribution is -2.43. The second-order valence-electron chi connectivity index (χ2n) is 6.31. The van der Waals surface area contributed by atoms with Gasteiger partial charge in [0.2, 0.25) is 0 Å². The second-order valence-corrected chi connectivity index (χ2v) is 6.31. The predicted molar refractivity (Wildman–Crippen MR) is 79.0 cm³/mol. The number of rotatable bonds is 5. The highest BCUT2D eigenvalue weighted by Crippen LogP contribution is 2.32. The zero-order chi connectivity index (χ0) is 13.9. The third-order valence-corrected chi connectivity index (χ3v) is 4.19. The lowest BCUT2D eigenvalue weighted by Gasteiger charge is -2.37. The summed E-state index contributed by atoms with van der Waals surface area (Å²) in [4.78, 5) is 2.40. The molecule has 0 radical (unpaired) electrons. The topological polar surface area (TPSA) is 38.5 Å². The molecule has 2 unspecified atom stereocenters. The molecule has 2 N–H and O–H groups in total. The minimum absolute atomic E-state index is 0.0404. The number of likely N-dealkylation sites (N-methyl/N-ethyl adjacent to an activating group) is 1. The minimum Gasteiger partial charge on any atom is -0.380 e. The van der Waals surface area contributed by atoms with Crippen LogP contribution in [-0.2, 0) is 4.74 Å². The summed E-state index contributed by atoms with van der Waals surface area (Å²) < 4.78 is 5.46. The minimum atomic E-state index is 0.0404.